The van der Waals surface area contributed by atoms with Gasteiger partial charge in [0.15, 0.2) is 0 Å². The van der Waals surface area contributed by atoms with Crippen molar-refractivity contribution in [1.29, 1.82) is 0 Å². The Kier molecular flexibility index (Phi) is 3.17. The van der Waals surface area contributed by atoms with Crippen LogP contribution in [0.25, 0.3) is 0 Å². The summed E-state index contributed by atoms with van der Waals surface area (Å²) in [7, 11) is 1.47. The lowest BCUT2D eigenvalue weighted by atomic mass is 10.1. The van der Waals surface area contributed by atoms with Crippen LogP contribution in [0.3, 0.4) is 0 Å². The van der Waals surface area contributed by atoms with Gasteiger partial charge >= 0.3 is 5.97 Å². The third-order valence-corrected chi connectivity index (χ3v) is 1.73. The van der Waals surface area contributed by atoms with Crippen LogP contribution in [0.4, 0.5) is 5.69 Å². The molecule has 0 aromatic heterocycles. The Balaban J connectivity index is 3.07. The minimum absolute atomic E-state index is 0.133. The average molecular weight is 195 g/mol. The van der Waals surface area contributed by atoms with Gasteiger partial charge in [0, 0.05) is 0 Å². The van der Waals surface area contributed by atoms with E-state index in [1.54, 1.807) is 6.07 Å². The first-order valence-corrected chi connectivity index (χ1v) is 3.89. The molecule has 5 heteroatoms. The fourth-order valence-electron chi connectivity index (χ4n) is 1.08. The SMILES string of the molecule is COc1ccc(N=O)c(CC(=O)O)c1. The van der Waals surface area contributed by atoms with Crippen molar-refractivity contribution < 1.29 is 14.6 Å². The number of carbonyl (C=O) groups is 1. The summed E-state index contributed by atoms with van der Waals surface area (Å²) in [6.45, 7) is 0. The molecule has 0 saturated carbocycles. The predicted octanol–water partition coefficient (Wildman–Crippen LogP) is 1.72. The van der Waals surface area contributed by atoms with E-state index < -0.39 is 5.97 Å². The number of ether oxygens (including phenoxy) is 1. The van der Waals surface area contributed by atoms with Crippen LogP contribution in [0.1, 0.15) is 5.56 Å². The highest BCUT2D eigenvalue weighted by atomic mass is 16.5. The van der Waals surface area contributed by atoms with Crippen LogP contribution in [-0.2, 0) is 11.2 Å². The van der Waals surface area contributed by atoms with Gasteiger partial charge in [-0.25, -0.2) is 0 Å². The van der Waals surface area contributed by atoms with Crippen LogP contribution in [0.2, 0.25) is 0 Å². The van der Waals surface area contributed by atoms with E-state index in [0.29, 0.717) is 11.3 Å². The van der Waals surface area contributed by atoms with Gasteiger partial charge in [-0.05, 0) is 28.9 Å². The normalized spacial score (nSPS) is 9.50. The molecule has 1 rings (SSSR count). The van der Waals surface area contributed by atoms with Crippen molar-refractivity contribution in [2.24, 2.45) is 5.18 Å². The molecule has 1 aromatic rings. The summed E-state index contributed by atoms with van der Waals surface area (Å²) in [6.07, 6.45) is -0.238. The summed E-state index contributed by atoms with van der Waals surface area (Å²) in [6, 6.07) is 4.48. The van der Waals surface area contributed by atoms with E-state index >= 15 is 0 Å². The third-order valence-electron chi connectivity index (χ3n) is 1.73. The third kappa shape index (κ3) is 2.29. The molecule has 0 saturated heterocycles. The second-order valence-corrected chi connectivity index (χ2v) is 2.66. The molecule has 1 aromatic carbocycles. The first-order valence-electron chi connectivity index (χ1n) is 3.89. The summed E-state index contributed by atoms with van der Waals surface area (Å²) >= 11 is 0. The van der Waals surface area contributed by atoms with Crippen LogP contribution in [0, 0.1) is 4.91 Å². The maximum atomic E-state index is 10.5. The van der Waals surface area contributed by atoms with Crippen LogP contribution in [0.5, 0.6) is 5.75 Å². The highest BCUT2D eigenvalue weighted by molar-refractivity contribution is 5.73. The van der Waals surface area contributed by atoms with Crippen molar-refractivity contribution in [3.8, 4) is 5.75 Å². The molecule has 0 unspecified atom stereocenters. The molecule has 14 heavy (non-hydrogen) atoms. The number of methoxy groups -OCH3 is 1. The van der Waals surface area contributed by atoms with Crippen molar-refractivity contribution in [2.75, 3.05) is 7.11 Å². The monoisotopic (exact) mass is 195 g/mol. The highest BCUT2D eigenvalue weighted by Crippen LogP contribution is 2.24. The largest absolute Gasteiger partial charge is 0.497 e. The van der Waals surface area contributed by atoms with E-state index in [0.717, 1.165) is 0 Å². The number of benzene rings is 1. The number of carboxylic acid groups (broad SMARTS) is 1. The lowest BCUT2D eigenvalue weighted by Crippen LogP contribution is -2.00. The molecule has 0 aliphatic carbocycles. The number of rotatable bonds is 4. The van der Waals surface area contributed by atoms with Gasteiger partial charge < -0.3 is 9.84 Å². The van der Waals surface area contributed by atoms with Crippen molar-refractivity contribution in [3.63, 3.8) is 0 Å². The zero-order valence-corrected chi connectivity index (χ0v) is 7.56. The van der Waals surface area contributed by atoms with Gasteiger partial charge in [0.05, 0.1) is 13.5 Å². The molecule has 1 N–H and O–H groups in total. The van der Waals surface area contributed by atoms with Gasteiger partial charge in [-0.1, -0.05) is 0 Å². The topological polar surface area (TPSA) is 76.0 Å². The molecule has 0 radical (unpaired) electrons. The number of nitroso groups, excluding NO2 is 1. The van der Waals surface area contributed by atoms with Crippen molar-refractivity contribution in [1.82, 2.24) is 0 Å². The van der Waals surface area contributed by atoms with Crippen molar-refractivity contribution in [3.05, 3.63) is 28.7 Å². The molecular weight excluding hydrogens is 186 g/mol. The van der Waals surface area contributed by atoms with Gasteiger partial charge in [-0.2, -0.15) is 0 Å². The van der Waals surface area contributed by atoms with Crippen LogP contribution in [-0.4, -0.2) is 18.2 Å². The van der Waals surface area contributed by atoms with Crippen molar-refractivity contribution in [2.45, 2.75) is 6.42 Å². The molecule has 0 amide bonds. The molecule has 0 bridgehead atoms. The number of nitrogens with zero attached hydrogens (tertiary/aromatic N) is 1. The maximum Gasteiger partial charge on any atom is 0.307 e. The Morgan fingerprint density at radius 2 is 2.29 bits per heavy atom. The number of aliphatic carboxylic acids is 1. The molecule has 0 spiro atoms. The molecule has 74 valence electrons. The molecule has 0 heterocycles. The first kappa shape index (κ1) is 10.2. The van der Waals surface area contributed by atoms with E-state index in [-0.39, 0.29) is 12.1 Å². The minimum atomic E-state index is -1.01. The fourth-order valence-corrected chi connectivity index (χ4v) is 1.08. The Hall–Kier alpha value is -1.91. The average Bonchev–Trinajstić information content (AvgIpc) is 2.16. The summed E-state index contributed by atoms with van der Waals surface area (Å²) < 4.78 is 4.90. The minimum Gasteiger partial charge on any atom is -0.497 e. The van der Waals surface area contributed by atoms with Crippen LogP contribution >= 0.6 is 0 Å². The summed E-state index contributed by atoms with van der Waals surface area (Å²) in [5.74, 6) is -0.503. The van der Waals surface area contributed by atoms with E-state index in [2.05, 4.69) is 5.18 Å². The van der Waals surface area contributed by atoms with Gasteiger partial charge in [-0.3, -0.25) is 4.79 Å². The number of hydrogen-bond acceptors (Lipinski definition) is 4. The van der Waals surface area contributed by atoms with E-state index in [4.69, 9.17) is 9.84 Å². The number of carboxylic acids is 1. The fraction of sp³-hybridized carbons (Fsp3) is 0.222. The quantitative estimate of drug-likeness (QED) is 0.742. The van der Waals surface area contributed by atoms with Crippen molar-refractivity contribution >= 4 is 11.7 Å². The summed E-state index contributed by atoms with van der Waals surface area (Å²) in [4.78, 5) is 20.8. The van der Waals surface area contributed by atoms with E-state index in [9.17, 15) is 9.70 Å². The molecule has 5 nitrogen and oxygen atoms in total. The highest BCUT2D eigenvalue weighted by Gasteiger charge is 2.08. The molecule has 0 aliphatic heterocycles. The standard InChI is InChI=1S/C9H9NO4/c1-14-7-2-3-8(10-13)6(4-7)5-9(11)12/h2-4H,5H2,1H3,(H,11,12). The van der Waals surface area contributed by atoms with Crippen LogP contribution in [0.15, 0.2) is 23.4 Å². The summed E-state index contributed by atoms with van der Waals surface area (Å²) in [5.41, 5.74) is 0.486. The zero-order valence-electron chi connectivity index (χ0n) is 7.56. The predicted molar refractivity (Wildman–Crippen MR) is 49.8 cm³/mol. The van der Waals surface area contributed by atoms with Crippen LogP contribution < -0.4 is 4.74 Å². The van der Waals surface area contributed by atoms with E-state index in [1.165, 1.54) is 19.2 Å². The summed E-state index contributed by atoms with van der Waals surface area (Å²) in [5, 5.41) is 11.3. The Morgan fingerprint density at radius 1 is 1.57 bits per heavy atom. The first-order chi connectivity index (χ1) is 6.67. The van der Waals surface area contributed by atoms with Gasteiger partial charge in [0.25, 0.3) is 0 Å². The van der Waals surface area contributed by atoms with Gasteiger partial charge in [0.2, 0.25) is 0 Å². The van der Waals surface area contributed by atoms with Gasteiger partial charge in [0.1, 0.15) is 11.4 Å². The number of hydrogen-bond donors (Lipinski definition) is 1. The second kappa shape index (κ2) is 4.36. The maximum absolute atomic E-state index is 10.5. The van der Waals surface area contributed by atoms with E-state index in [1.807, 2.05) is 0 Å². The zero-order chi connectivity index (χ0) is 10.6. The molecule has 0 aliphatic rings. The smallest absolute Gasteiger partial charge is 0.307 e. The molecule has 0 fully saturated rings. The lowest BCUT2D eigenvalue weighted by molar-refractivity contribution is -0.136. The Labute approximate surface area is 80.3 Å². The second-order valence-electron chi connectivity index (χ2n) is 2.66. The lowest BCUT2D eigenvalue weighted by Gasteiger charge is -2.03. The Bertz CT molecular complexity index is 362. The molecular formula is C9H9NO4. The Morgan fingerprint density at radius 3 is 2.79 bits per heavy atom. The van der Waals surface area contributed by atoms with Gasteiger partial charge in [-0.15, -0.1) is 4.91 Å². The molecule has 0 atom stereocenters.